The summed E-state index contributed by atoms with van der Waals surface area (Å²) in [6.45, 7) is 2.79. The molecule has 6 nitrogen and oxygen atoms in total. The first kappa shape index (κ1) is 15.8. The molecule has 1 fully saturated rings. The third-order valence-corrected chi connectivity index (χ3v) is 5.58. The SMILES string of the molecule is Cc1nnc(C[C@@H]2CC[C@H](NCc3c4c(nn3C)CCCC4)C2)o1. The summed E-state index contributed by atoms with van der Waals surface area (Å²) in [4.78, 5) is 0. The van der Waals surface area contributed by atoms with Crippen molar-refractivity contribution in [2.75, 3.05) is 0 Å². The second-order valence-electron chi connectivity index (χ2n) is 7.38. The van der Waals surface area contributed by atoms with Crippen molar-refractivity contribution >= 4 is 0 Å². The van der Waals surface area contributed by atoms with Gasteiger partial charge >= 0.3 is 0 Å². The molecule has 6 heteroatoms. The Labute approximate surface area is 143 Å². The highest BCUT2D eigenvalue weighted by molar-refractivity contribution is 5.28. The van der Waals surface area contributed by atoms with E-state index in [0.717, 1.165) is 25.3 Å². The first-order valence-electron chi connectivity index (χ1n) is 9.25. The van der Waals surface area contributed by atoms with Gasteiger partial charge in [-0.25, -0.2) is 0 Å². The van der Waals surface area contributed by atoms with Crippen LogP contribution < -0.4 is 5.32 Å². The zero-order valence-corrected chi connectivity index (χ0v) is 14.7. The van der Waals surface area contributed by atoms with E-state index in [1.165, 1.54) is 55.5 Å². The number of rotatable bonds is 5. The van der Waals surface area contributed by atoms with Crippen molar-refractivity contribution < 1.29 is 4.42 Å². The largest absolute Gasteiger partial charge is 0.426 e. The lowest BCUT2D eigenvalue weighted by molar-refractivity contribution is 0.408. The maximum absolute atomic E-state index is 5.52. The molecule has 0 saturated heterocycles. The van der Waals surface area contributed by atoms with Crippen LogP contribution in [0.5, 0.6) is 0 Å². The molecular formula is C18H27N5O. The van der Waals surface area contributed by atoms with Gasteiger partial charge in [0.25, 0.3) is 0 Å². The lowest BCUT2D eigenvalue weighted by Crippen LogP contribution is -2.27. The Morgan fingerprint density at radius 1 is 1.21 bits per heavy atom. The average Bonchev–Trinajstić information content (AvgIpc) is 3.25. The van der Waals surface area contributed by atoms with Crippen LogP contribution in [0, 0.1) is 12.8 Å². The molecular weight excluding hydrogens is 302 g/mol. The van der Waals surface area contributed by atoms with Gasteiger partial charge in [0.2, 0.25) is 11.8 Å². The van der Waals surface area contributed by atoms with E-state index in [9.17, 15) is 0 Å². The minimum Gasteiger partial charge on any atom is -0.426 e. The Bertz CT molecular complexity index is 704. The second-order valence-corrected chi connectivity index (χ2v) is 7.38. The van der Waals surface area contributed by atoms with Crippen LogP contribution in [0.4, 0.5) is 0 Å². The summed E-state index contributed by atoms with van der Waals surface area (Å²) >= 11 is 0. The van der Waals surface area contributed by atoms with E-state index in [2.05, 4.69) is 27.2 Å². The Hall–Kier alpha value is -1.69. The van der Waals surface area contributed by atoms with Crippen molar-refractivity contribution in [2.45, 2.75) is 70.9 Å². The highest BCUT2D eigenvalue weighted by atomic mass is 16.4. The van der Waals surface area contributed by atoms with Crippen molar-refractivity contribution in [2.24, 2.45) is 13.0 Å². The first-order valence-corrected chi connectivity index (χ1v) is 9.25. The number of aromatic nitrogens is 4. The maximum Gasteiger partial charge on any atom is 0.216 e. The van der Waals surface area contributed by atoms with E-state index in [4.69, 9.17) is 9.52 Å². The van der Waals surface area contributed by atoms with E-state index in [1.807, 2.05) is 6.92 Å². The normalized spacial score (nSPS) is 23.6. The highest BCUT2D eigenvalue weighted by Crippen LogP contribution is 2.29. The number of hydrogen-bond acceptors (Lipinski definition) is 5. The summed E-state index contributed by atoms with van der Waals surface area (Å²) in [5, 5.41) is 16.5. The van der Waals surface area contributed by atoms with Crippen LogP contribution in [-0.4, -0.2) is 26.0 Å². The Kier molecular flexibility index (Phi) is 4.39. The molecule has 0 radical (unpaired) electrons. The zero-order chi connectivity index (χ0) is 16.5. The van der Waals surface area contributed by atoms with Gasteiger partial charge < -0.3 is 9.73 Å². The molecule has 2 aromatic rings. The molecule has 130 valence electrons. The van der Waals surface area contributed by atoms with Crippen molar-refractivity contribution in [3.05, 3.63) is 28.7 Å². The third-order valence-electron chi connectivity index (χ3n) is 5.58. The summed E-state index contributed by atoms with van der Waals surface area (Å²) < 4.78 is 7.62. The molecule has 0 spiro atoms. The molecule has 0 unspecified atom stereocenters. The molecule has 1 N–H and O–H groups in total. The van der Waals surface area contributed by atoms with Crippen molar-refractivity contribution in [3.63, 3.8) is 0 Å². The molecule has 4 rings (SSSR count). The van der Waals surface area contributed by atoms with Crippen molar-refractivity contribution in [3.8, 4) is 0 Å². The molecule has 2 heterocycles. The van der Waals surface area contributed by atoms with Crippen LogP contribution in [0.1, 0.15) is 60.8 Å². The predicted molar refractivity (Wildman–Crippen MR) is 90.6 cm³/mol. The van der Waals surface area contributed by atoms with E-state index in [-0.39, 0.29) is 0 Å². The molecule has 0 amide bonds. The average molecular weight is 329 g/mol. The monoisotopic (exact) mass is 329 g/mol. The zero-order valence-electron chi connectivity index (χ0n) is 14.7. The number of hydrogen-bond donors (Lipinski definition) is 1. The van der Waals surface area contributed by atoms with Crippen LogP contribution in [-0.2, 0) is 32.9 Å². The standard InChI is InChI=1S/C18H27N5O/c1-12-20-21-18(24-12)10-13-7-8-14(9-13)19-11-17-15-5-3-4-6-16(15)22-23(17)2/h13-14,19H,3-11H2,1-2H3/t13-,14+/m1/s1. The summed E-state index contributed by atoms with van der Waals surface area (Å²) in [6.07, 6.45) is 9.53. The van der Waals surface area contributed by atoms with Gasteiger partial charge in [-0.3, -0.25) is 4.68 Å². The molecule has 0 aliphatic heterocycles. The van der Waals surface area contributed by atoms with E-state index in [0.29, 0.717) is 17.9 Å². The Morgan fingerprint density at radius 3 is 2.92 bits per heavy atom. The number of aryl methyl sites for hydroxylation is 3. The van der Waals surface area contributed by atoms with E-state index < -0.39 is 0 Å². The topological polar surface area (TPSA) is 68.8 Å². The van der Waals surface area contributed by atoms with Crippen molar-refractivity contribution in [1.29, 1.82) is 0 Å². The van der Waals surface area contributed by atoms with Gasteiger partial charge in [0, 0.05) is 33.0 Å². The summed E-state index contributed by atoms with van der Waals surface area (Å²) in [7, 11) is 2.09. The Balaban J connectivity index is 1.32. The summed E-state index contributed by atoms with van der Waals surface area (Å²) in [5.41, 5.74) is 4.23. The summed E-state index contributed by atoms with van der Waals surface area (Å²) in [5.74, 6) is 2.11. The predicted octanol–water partition coefficient (Wildman–Crippen LogP) is 2.49. The van der Waals surface area contributed by atoms with Gasteiger partial charge in [0.15, 0.2) is 0 Å². The van der Waals surface area contributed by atoms with E-state index >= 15 is 0 Å². The van der Waals surface area contributed by atoms with Gasteiger partial charge in [-0.15, -0.1) is 10.2 Å². The van der Waals surface area contributed by atoms with Gasteiger partial charge in [-0.1, -0.05) is 0 Å². The number of fused-ring (bicyclic) bond motifs is 1. The van der Waals surface area contributed by atoms with Gasteiger partial charge in [0.05, 0.1) is 11.4 Å². The fraction of sp³-hybridized carbons (Fsp3) is 0.722. The smallest absolute Gasteiger partial charge is 0.216 e. The fourth-order valence-corrected chi connectivity index (χ4v) is 4.32. The second kappa shape index (κ2) is 6.67. The van der Waals surface area contributed by atoms with Crippen molar-refractivity contribution in [1.82, 2.24) is 25.3 Å². The molecule has 24 heavy (non-hydrogen) atoms. The lowest BCUT2D eigenvalue weighted by Gasteiger charge is -2.15. The molecule has 2 aliphatic rings. The fourth-order valence-electron chi connectivity index (χ4n) is 4.32. The maximum atomic E-state index is 5.52. The van der Waals surface area contributed by atoms with Gasteiger partial charge in [-0.05, 0) is 56.4 Å². The molecule has 2 aromatic heterocycles. The minimum atomic E-state index is 0.591. The molecule has 2 aliphatic carbocycles. The Morgan fingerprint density at radius 2 is 2.08 bits per heavy atom. The van der Waals surface area contributed by atoms with Crippen LogP contribution in [0.3, 0.4) is 0 Å². The van der Waals surface area contributed by atoms with E-state index in [1.54, 1.807) is 0 Å². The summed E-state index contributed by atoms with van der Waals surface area (Å²) in [6, 6.07) is 0.591. The quantitative estimate of drug-likeness (QED) is 0.913. The number of nitrogens with one attached hydrogen (secondary N) is 1. The third kappa shape index (κ3) is 3.24. The van der Waals surface area contributed by atoms with Gasteiger partial charge in [0.1, 0.15) is 0 Å². The van der Waals surface area contributed by atoms with Gasteiger partial charge in [-0.2, -0.15) is 5.10 Å². The molecule has 1 saturated carbocycles. The highest BCUT2D eigenvalue weighted by Gasteiger charge is 2.27. The number of nitrogens with zero attached hydrogens (tertiary/aromatic N) is 4. The van der Waals surface area contributed by atoms with Crippen LogP contribution in [0.15, 0.2) is 4.42 Å². The molecule has 0 bridgehead atoms. The first-order chi connectivity index (χ1) is 11.7. The van der Waals surface area contributed by atoms with Crippen LogP contribution in [0.25, 0.3) is 0 Å². The van der Waals surface area contributed by atoms with Crippen LogP contribution in [0.2, 0.25) is 0 Å². The molecule has 0 aromatic carbocycles. The minimum absolute atomic E-state index is 0.591. The molecule has 2 atom stereocenters. The van der Waals surface area contributed by atoms with Crippen LogP contribution >= 0.6 is 0 Å². The lowest BCUT2D eigenvalue weighted by atomic mass is 9.96.